The molecule has 2 bridgehead atoms. The summed E-state index contributed by atoms with van der Waals surface area (Å²) in [4.78, 5) is 25.6. The molecule has 2 N–H and O–H groups in total. The van der Waals surface area contributed by atoms with Gasteiger partial charge in [0.1, 0.15) is 22.9 Å². The predicted octanol–water partition coefficient (Wildman–Crippen LogP) is 4.76. The molecule has 1 saturated carbocycles. The predicted molar refractivity (Wildman–Crippen MR) is 175 cm³/mol. The molecule has 13 heteroatoms. The smallest absolute Gasteiger partial charge is 0.319 e. The first-order valence-electron chi connectivity index (χ1n) is 16.3. The quantitative estimate of drug-likeness (QED) is 0.156. The summed E-state index contributed by atoms with van der Waals surface area (Å²) in [7, 11) is 0. The Morgan fingerprint density at radius 2 is 1.90 bits per heavy atom. The Balaban J connectivity index is 1.29. The molecule has 0 unspecified atom stereocenters. The third-order valence-corrected chi connectivity index (χ3v) is 10.2. The fourth-order valence-corrected chi connectivity index (χ4v) is 7.59. The number of rotatable bonds is 8. The van der Waals surface area contributed by atoms with E-state index in [4.69, 9.17) is 20.9 Å². The lowest BCUT2D eigenvalue weighted by molar-refractivity contribution is -0.384. The zero-order valence-electron chi connectivity index (χ0n) is 26.2. The first-order chi connectivity index (χ1) is 23.2. The molecule has 3 aliphatic heterocycles. The maximum Gasteiger partial charge on any atom is 0.319 e. The van der Waals surface area contributed by atoms with Gasteiger partial charge in [-0.05, 0) is 49.3 Å². The van der Waals surface area contributed by atoms with Gasteiger partial charge in [-0.1, -0.05) is 12.0 Å². The van der Waals surface area contributed by atoms with Gasteiger partial charge >= 0.3 is 6.01 Å². The minimum Gasteiger partial charge on any atom is -0.508 e. The summed E-state index contributed by atoms with van der Waals surface area (Å²) < 4.78 is 43.8. The van der Waals surface area contributed by atoms with E-state index in [-0.39, 0.29) is 56.7 Å². The fourth-order valence-electron chi connectivity index (χ4n) is 7.59. The number of anilines is 1. The zero-order valence-corrected chi connectivity index (χ0v) is 26.2. The van der Waals surface area contributed by atoms with Crippen LogP contribution in [0.4, 0.5) is 20.3 Å². The maximum atomic E-state index is 17.1. The molecule has 0 spiro atoms. The van der Waals surface area contributed by atoms with Crippen molar-refractivity contribution in [3.63, 3.8) is 0 Å². The van der Waals surface area contributed by atoms with Crippen molar-refractivity contribution in [1.29, 1.82) is 0 Å². The summed E-state index contributed by atoms with van der Waals surface area (Å²) in [6.07, 6.45) is 9.60. The van der Waals surface area contributed by atoms with Gasteiger partial charge in [-0.2, -0.15) is 9.97 Å². The number of nitrogens with zero attached hydrogens (tertiary/aromatic N) is 5. The molecular formula is C35H34F2N6O5. The van der Waals surface area contributed by atoms with Crippen LogP contribution in [0.25, 0.3) is 32.8 Å². The highest BCUT2D eigenvalue weighted by molar-refractivity contribution is 6.06. The second-order valence-corrected chi connectivity index (χ2v) is 13.4. The normalized spacial score (nSPS) is 21.8. The molecule has 1 aromatic heterocycles. The highest BCUT2D eigenvalue weighted by Crippen LogP contribution is 2.48. The Labute approximate surface area is 275 Å². The molecule has 4 fully saturated rings. The highest BCUT2D eigenvalue weighted by atomic mass is 19.1. The van der Waals surface area contributed by atoms with Crippen LogP contribution in [-0.4, -0.2) is 89.5 Å². The van der Waals surface area contributed by atoms with Gasteiger partial charge in [-0.3, -0.25) is 15.0 Å². The fraction of sp³-hybridized carbons (Fsp3) is 0.429. The molecule has 0 amide bonds. The summed E-state index contributed by atoms with van der Waals surface area (Å²) in [5, 5.41) is 27.4. The van der Waals surface area contributed by atoms with Gasteiger partial charge in [0.15, 0.2) is 5.82 Å². The standard InChI is InChI=1S/C35H34F2N6O5/c1-2-24-27(36)6-3-20-13-23(44)14-25(29(20)24)30-28(43(45)46)15-26-32(31(30)37)39-34(40-33(26)42-16-21-4-5-22(17-42)38-21)48-19-35(7-8-35)18-41-9-11-47-12-10-41/h1,3,6,13-15,21-22,38,44H,4-5,7-12,16-19H2/t21-,22+. The number of terminal acetylenes is 1. The highest BCUT2D eigenvalue weighted by Gasteiger charge is 2.45. The topological polar surface area (TPSA) is 126 Å². The lowest BCUT2D eigenvalue weighted by Gasteiger charge is -2.34. The second kappa shape index (κ2) is 11.8. The zero-order chi connectivity index (χ0) is 33.2. The van der Waals surface area contributed by atoms with Crippen molar-refractivity contribution in [3.05, 3.63) is 57.6 Å². The van der Waals surface area contributed by atoms with Gasteiger partial charge in [-0.15, -0.1) is 6.42 Å². The summed E-state index contributed by atoms with van der Waals surface area (Å²) in [5.41, 5.74) is -1.60. The monoisotopic (exact) mass is 656 g/mol. The van der Waals surface area contributed by atoms with Crippen molar-refractivity contribution in [2.45, 2.75) is 37.8 Å². The number of halogens is 2. The summed E-state index contributed by atoms with van der Waals surface area (Å²) in [6.45, 7) is 5.45. The van der Waals surface area contributed by atoms with Crippen LogP contribution in [0.1, 0.15) is 31.2 Å². The van der Waals surface area contributed by atoms with E-state index in [0.717, 1.165) is 57.5 Å². The number of ether oxygens (including phenoxy) is 2. The van der Waals surface area contributed by atoms with E-state index in [9.17, 15) is 19.6 Å². The molecular weight excluding hydrogens is 622 g/mol. The number of nitro groups is 1. The number of phenolic OH excluding ortho intramolecular Hbond substituents is 1. The molecule has 3 aromatic carbocycles. The molecule has 0 radical (unpaired) electrons. The van der Waals surface area contributed by atoms with Crippen molar-refractivity contribution >= 4 is 33.2 Å². The number of aromatic nitrogens is 2. The number of phenols is 1. The van der Waals surface area contributed by atoms with Gasteiger partial charge in [0.05, 0.1) is 41.3 Å². The Morgan fingerprint density at radius 3 is 2.58 bits per heavy atom. The number of hydrogen-bond acceptors (Lipinski definition) is 10. The lowest BCUT2D eigenvalue weighted by Crippen LogP contribution is -2.51. The molecule has 11 nitrogen and oxygen atoms in total. The number of aromatic hydroxyl groups is 1. The van der Waals surface area contributed by atoms with E-state index in [0.29, 0.717) is 44.1 Å². The van der Waals surface area contributed by atoms with Crippen LogP contribution in [0, 0.1) is 39.5 Å². The van der Waals surface area contributed by atoms with Gasteiger partial charge < -0.3 is 24.8 Å². The van der Waals surface area contributed by atoms with Crippen LogP contribution >= 0.6 is 0 Å². The Kier molecular flexibility index (Phi) is 7.54. The van der Waals surface area contributed by atoms with Crippen LogP contribution in [0.5, 0.6) is 11.8 Å². The van der Waals surface area contributed by atoms with Crippen molar-refractivity contribution in [3.8, 4) is 35.2 Å². The number of hydrogen-bond donors (Lipinski definition) is 2. The van der Waals surface area contributed by atoms with Gasteiger partial charge in [0.2, 0.25) is 0 Å². The average molecular weight is 657 g/mol. The Hall–Kier alpha value is -4.64. The molecule has 4 aliphatic rings. The number of nitrogens with one attached hydrogen (secondary N) is 1. The average Bonchev–Trinajstić information content (AvgIpc) is 3.76. The van der Waals surface area contributed by atoms with E-state index in [1.807, 2.05) is 4.90 Å². The molecule has 4 heterocycles. The molecule has 4 aromatic rings. The van der Waals surface area contributed by atoms with Gasteiger partial charge in [0, 0.05) is 67.2 Å². The van der Waals surface area contributed by atoms with Crippen LogP contribution in [-0.2, 0) is 4.74 Å². The molecule has 3 saturated heterocycles. The number of benzene rings is 3. The largest absolute Gasteiger partial charge is 0.508 e. The van der Waals surface area contributed by atoms with E-state index in [1.165, 1.54) is 18.2 Å². The minimum absolute atomic E-state index is 0.0218. The molecule has 1 aliphatic carbocycles. The molecule has 48 heavy (non-hydrogen) atoms. The first-order valence-corrected chi connectivity index (χ1v) is 16.3. The number of morpholine rings is 1. The van der Waals surface area contributed by atoms with Crippen molar-refractivity contribution in [2.24, 2.45) is 5.41 Å². The molecule has 248 valence electrons. The number of nitro benzene ring substituents is 1. The SMILES string of the molecule is C#Cc1c(F)ccc2cc(O)cc(-c3c([N+](=O)[O-])cc4c(N5C[C@H]6CC[C@@H](C5)N6)nc(OCC5(CN6CCOCC6)CC5)nc4c3F)c12. The van der Waals surface area contributed by atoms with Crippen LogP contribution < -0.4 is 15.0 Å². The minimum atomic E-state index is -1.01. The van der Waals surface area contributed by atoms with Crippen LogP contribution in [0.15, 0.2) is 30.3 Å². The second-order valence-electron chi connectivity index (χ2n) is 13.4. The third-order valence-electron chi connectivity index (χ3n) is 10.2. The van der Waals surface area contributed by atoms with Crippen LogP contribution in [0.2, 0.25) is 0 Å². The van der Waals surface area contributed by atoms with E-state index >= 15 is 4.39 Å². The molecule has 8 rings (SSSR count). The van der Waals surface area contributed by atoms with Gasteiger partial charge in [-0.25, -0.2) is 8.78 Å². The lowest BCUT2D eigenvalue weighted by atomic mass is 9.92. The number of fused-ring (bicyclic) bond motifs is 4. The maximum absolute atomic E-state index is 17.1. The van der Waals surface area contributed by atoms with E-state index in [1.54, 1.807) is 0 Å². The Morgan fingerprint density at radius 1 is 1.15 bits per heavy atom. The van der Waals surface area contributed by atoms with Crippen molar-refractivity contribution in [1.82, 2.24) is 20.2 Å². The van der Waals surface area contributed by atoms with Crippen LogP contribution in [0.3, 0.4) is 0 Å². The van der Waals surface area contributed by atoms with E-state index in [2.05, 4.69) is 21.1 Å². The van der Waals surface area contributed by atoms with Crippen molar-refractivity contribution in [2.75, 3.05) is 57.4 Å². The number of piperazine rings is 1. The molecule has 2 atom stereocenters. The Bertz CT molecular complexity index is 2000. The summed E-state index contributed by atoms with van der Waals surface area (Å²) in [5.74, 6) is 0.598. The first kappa shape index (κ1) is 30.7. The van der Waals surface area contributed by atoms with Crippen molar-refractivity contribution < 1.29 is 28.3 Å². The third kappa shape index (κ3) is 5.43. The van der Waals surface area contributed by atoms with Gasteiger partial charge in [0.25, 0.3) is 5.69 Å². The summed E-state index contributed by atoms with van der Waals surface area (Å²) >= 11 is 0. The van der Waals surface area contributed by atoms with E-state index < -0.39 is 27.8 Å². The summed E-state index contributed by atoms with van der Waals surface area (Å²) in [6, 6.07) is 6.69.